The van der Waals surface area contributed by atoms with E-state index in [1.165, 1.54) is 0 Å². The van der Waals surface area contributed by atoms with E-state index in [2.05, 4.69) is 18.7 Å². The molecule has 3 nitrogen and oxygen atoms in total. The largest absolute Gasteiger partial charge is 0.492 e. The lowest BCUT2D eigenvalue weighted by atomic mass is 10.0. The van der Waals surface area contributed by atoms with E-state index in [9.17, 15) is 4.79 Å². The maximum Gasteiger partial charge on any atom is 0.195 e. The number of ketones is 1. The number of halogens is 2. The molecule has 0 fully saturated rings. The van der Waals surface area contributed by atoms with Gasteiger partial charge in [0, 0.05) is 12.1 Å². The summed E-state index contributed by atoms with van der Waals surface area (Å²) in [4.78, 5) is 13.1. The van der Waals surface area contributed by atoms with Gasteiger partial charge in [0.25, 0.3) is 0 Å². The maximum atomic E-state index is 11.8. The summed E-state index contributed by atoms with van der Waals surface area (Å²) in [6.07, 6.45) is 0. The number of carbonyl (C=O) groups is 1. The Kier molecular flexibility index (Phi) is 7.50. The zero-order valence-electron chi connectivity index (χ0n) is 13.1. The van der Waals surface area contributed by atoms with Crippen molar-refractivity contribution >= 4 is 29.0 Å². The molecule has 5 heteroatoms. The maximum absolute atomic E-state index is 11.8. The predicted molar refractivity (Wildman–Crippen MR) is 89.0 cm³/mol. The number of ether oxygens (including phenoxy) is 1. The highest BCUT2D eigenvalue weighted by Crippen LogP contribution is 2.26. The highest BCUT2D eigenvalue weighted by molar-refractivity contribution is 6.55. The van der Waals surface area contributed by atoms with Gasteiger partial charge in [-0.2, -0.15) is 0 Å². The fraction of sp³-hybridized carbons (Fsp3) is 0.562. The van der Waals surface area contributed by atoms with Crippen LogP contribution in [0.5, 0.6) is 5.75 Å². The van der Waals surface area contributed by atoms with Gasteiger partial charge in [-0.1, -0.05) is 37.0 Å². The fourth-order valence-electron chi connectivity index (χ4n) is 2.26. The number of likely N-dealkylation sites (N-methyl/N-ethyl adjacent to an activating group) is 1. The number of hydrogen-bond donors (Lipinski definition) is 0. The number of aryl methyl sites for hydroxylation is 2. The lowest BCUT2D eigenvalue weighted by Crippen LogP contribution is -2.28. The van der Waals surface area contributed by atoms with Crippen molar-refractivity contribution in [3.8, 4) is 5.75 Å². The molecule has 118 valence electrons. The number of rotatable bonds is 8. The van der Waals surface area contributed by atoms with Gasteiger partial charge in [0.15, 0.2) is 10.6 Å². The van der Waals surface area contributed by atoms with Gasteiger partial charge >= 0.3 is 0 Å². The van der Waals surface area contributed by atoms with E-state index in [0.717, 1.165) is 36.5 Å². The first-order valence-electron chi connectivity index (χ1n) is 7.19. The van der Waals surface area contributed by atoms with Crippen molar-refractivity contribution < 1.29 is 9.53 Å². The van der Waals surface area contributed by atoms with Crippen molar-refractivity contribution in [1.82, 2.24) is 4.90 Å². The minimum absolute atomic E-state index is 0.278. The Morgan fingerprint density at radius 3 is 2.14 bits per heavy atom. The third kappa shape index (κ3) is 5.17. The molecular formula is C16H23Cl2NO2. The fourth-order valence-corrected chi connectivity index (χ4v) is 2.51. The Morgan fingerprint density at radius 1 is 1.19 bits per heavy atom. The van der Waals surface area contributed by atoms with Gasteiger partial charge in [-0.25, -0.2) is 0 Å². The predicted octanol–water partition coefficient (Wildman–Crippen LogP) is 4.01. The number of nitrogens with zero attached hydrogens (tertiary/aromatic N) is 1. The van der Waals surface area contributed by atoms with E-state index in [1.807, 2.05) is 13.8 Å². The van der Waals surface area contributed by atoms with Crippen LogP contribution in [0.15, 0.2) is 12.1 Å². The summed E-state index contributed by atoms with van der Waals surface area (Å²) in [5, 5.41) is 0. The first-order valence-corrected chi connectivity index (χ1v) is 8.06. The summed E-state index contributed by atoms with van der Waals surface area (Å²) in [5.41, 5.74) is 2.37. The lowest BCUT2D eigenvalue weighted by molar-refractivity contribution is 0.101. The molecule has 1 rings (SSSR count). The van der Waals surface area contributed by atoms with Crippen molar-refractivity contribution in [3.63, 3.8) is 0 Å². The molecule has 1 aromatic carbocycles. The van der Waals surface area contributed by atoms with Crippen molar-refractivity contribution in [2.75, 3.05) is 26.2 Å². The van der Waals surface area contributed by atoms with Crippen LogP contribution in [-0.4, -0.2) is 41.8 Å². The molecule has 0 unspecified atom stereocenters. The average Bonchev–Trinajstić information content (AvgIpc) is 2.44. The Balaban J connectivity index is 2.79. The standard InChI is InChI=1S/C16H23Cl2NO2/c1-5-19(6-2)7-8-21-15-11(3)9-13(10-12(15)4)14(20)16(17)18/h9-10,16H,5-8H2,1-4H3. The molecule has 0 aliphatic rings. The topological polar surface area (TPSA) is 29.5 Å². The number of alkyl halides is 2. The van der Waals surface area contributed by atoms with Crippen LogP contribution in [0, 0.1) is 13.8 Å². The Labute approximate surface area is 137 Å². The van der Waals surface area contributed by atoms with Crippen LogP contribution < -0.4 is 4.74 Å². The second-order valence-electron chi connectivity index (χ2n) is 4.98. The minimum atomic E-state index is -1.03. The third-order valence-electron chi connectivity index (χ3n) is 3.49. The minimum Gasteiger partial charge on any atom is -0.492 e. The van der Waals surface area contributed by atoms with E-state index in [-0.39, 0.29) is 5.78 Å². The van der Waals surface area contributed by atoms with E-state index in [0.29, 0.717) is 12.2 Å². The SMILES string of the molecule is CCN(CC)CCOc1c(C)cc(C(=O)C(Cl)Cl)cc1C. The third-order valence-corrected chi connectivity index (χ3v) is 3.89. The second-order valence-corrected chi connectivity index (χ2v) is 6.08. The molecule has 0 amide bonds. The molecule has 0 spiro atoms. The highest BCUT2D eigenvalue weighted by Gasteiger charge is 2.17. The van der Waals surface area contributed by atoms with Crippen molar-refractivity contribution in [1.29, 1.82) is 0 Å². The zero-order valence-corrected chi connectivity index (χ0v) is 14.6. The van der Waals surface area contributed by atoms with Crippen LogP contribution in [0.4, 0.5) is 0 Å². The molecule has 0 heterocycles. The van der Waals surface area contributed by atoms with Gasteiger partial charge in [0.1, 0.15) is 12.4 Å². The first-order chi connectivity index (χ1) is 9.90. The number of hydrogen-bond acceptors (Lipinski definition) is 3. The summed E-state index contributed by atoms with van der Waals surface area (Å²) in [6, 6.07) is 3.56. The molecule has 0 radical (unpaired) electrons. The summed E-state index contributed by atoms with van der Waals surface area (Å²) in [5.74, 6) is 0.554. The van der Waals surface area contributed by atoms with Crippen molar-refractivity contribution in [3.05, 3.63) is 28.8 Å². The molecule has 0 saturated carbocycles. The molecule has 0 aromatic heterocycles. The molecule has 0 bridgehead atoms. The van der Waals surface area contributed by atoms with Gasteiger partial charge in [-0.15, -0.1) is 0 Å². The molecule has 1 aromatic rings. The lowest BCUT2D eigenvalue weighted by Gasteiger charge is -2.19. The van der Waals surface area contributed by atoms with Gasteiger partial charge < -0.3 is 9.64 Å². The monoisotopic (exact) mass is 331 g/mol. The molecule has 0 saturated heterocycles. The highest BCUT2D eigenvalue weighted by atomic mass is 35.5. The zero-order chi connectivity index (χ0) is 16.0. The number of Topliss-reactive ketones (excluding diaryl/α,β-unsaturated/α-hetero) is 1. The molecule has 0 aliphatic heterocycles. The van der Waals surface area contributed by atoms with E-state index in [1.54, 1.807) is 12.1 Å². The Hall–Kier alpha value is -0.770. The van der Waals surface area contributed by atoms with Gasteiger partial charge in [0.05, 0.1) is 0 Å². The van der Waals surface area contributed by atoms with Gasteiger partial charge in [-0.3, -0.25) is 4.79 Å². The second kappa shape index (κ2) is 8.62. The Morgan fingerprint density at radius 2 is 1.71 bits per heavy atom. The summed E-state index contributed by atoms with van der Waals surface area (Å²) >= 11 is 11.3. The van der Waals surface area contributed by atoms with Gasteiger partial charge in [0.2, 0.25) is 0 Å². The van der Waals surface area contributed by atoms with Crippen LogP contribution in [0.2, 0.25) is 0 Å². The summed E-state index contributed by atoms with van der Waals surface area (Å²) in [7, 11) is 0. The molecule has 0 N–H and O–H groups in total. The Bertz CT molecular complexity index is 462. The van der Waals surface area contributed by atoms with Gasteiger partial charge in [-0.05, 0) is 50.2 Å². The number of benzene rings is 1. The van der Waals surface area contributed by atoms with E-state index < -0.39 is 4.84 Å². The molecular weight excluding hydrogens is 309 g/mol. The van der Waals surface area contributed by atoms with E-state index >= 15 is 0 Å². The van der Waals surface area contributed by atoms with E-state index in [4.69, 9.17) is 27.9 Å². The van der Waals surface area contributed by atoms with Crippen LogP contribution in [0.1, 0.15) is 35.3 Å². The summed E-state index contributed by atoms with van der Waals surface area (Å²) < 4.78 is 5.88. The van der Waals surface area contributed by atoms with Crippen molar-refractivity contribution in [2.45, 2.75) is 32.5 Å². The van der Waals surface area contributed by atoms with Crippen LogP contribution in [0.3, 0.4) is 0 Å². The average molecular weight is 332 g/mol. The molecule has 21 heavy (non-hydrogen) atoms. The molecule has 0 aliphatic carbocycles. The van der Waals surface area contributed by atoms with Crippen LogP contribution in [0.25, 0.3) is 0 Å². The first kappa shape index (κ1) is 18.3. The summed E-state index contributed by atoms with van der Waals surface area (Å²) in [6.45, 7) is 11.7. The normalized spacial score (nSPS) is 11.2. The molecule has 0 atom stereocenters. The quantitative estimate of drug-likeness (QED) is 0.532. The smallest absolute Gasteiger partial charge is 0.195 e. The van der Waals surface area contributed by atoms with Crippen LogP contribution in [-0.2, 0) is 0 Å². The van der Waals surface area contributed by atoms with Crippen molar-refractivity contribution in [2.24, 2.45) is 0 Å². The van der Waals surface area contributed by atoms with Crippen LogP contribution >= 0.6 is 23.2 Å². The number of carbonyl (C=O) groups excluding carboxylic acids is 1.